The summed E-state index contributed by atoms with van der Waals surface area (Å²) in [7, 11) is 2.16. The van der Waals surface area contributed by atoms with Gasteiger partial charge < -0.3 is 19.9 Å². The Labute approximate surface area is 142 Å². The van der Waals surface area contributed by atoms with Gasteiger partial charge in [0.25, 0.3) is 5.91 Å². The van der Waals surface area contributed by atoms with Crippen LogP contribution < -0.4 is 5.32 Å². The number of amides is 1. The number of carbonyl (C=O) groups is 1. The smallest absolute Gasteiger partial charge is 0.251 e. The topological polar surface area (TPSA) is 70.4 Å². The standard InChI is InChI=1S/C18H26N4O2/c1-21-8-2-3-14(12-21)6-7-19-18(24)15-4-5-17-16(11-15)20-13-22(17)9-10-23/h4-5,11,13-14,23H,2-3,6-10,12H2,1H3,(H,19,24). The maximum absolute atomic E-state index is 12.3. The molecule has 6 nitrogen and oxygen atoms in total. The molecule has 3 rings (SSSR count). The Hall–Kier alpha value is -1.92. The van der Waals surface area contributed by atoms with Crippen LogP contribution in [0, 0.1) is 5.92 Å². The Balaban J connectivity index is 1.55. The largest absolute Gasteiger partial charge is 0.395 e. The number of rotatable bonds is 6. The highest BCUT2D eigenvalue weighted by Crippen LogP contribution is 2.18. The summed E-state index contributed by atoms with van der Waals surface area (Å²) < 4.78 is 1.89. The Morgan fingerprint density at radius 1 is 1.46 bits per heavy atom. The summed E-state index contributed by atoms with van der Waals surface area (Å²) in [5.41, 5.74) is 2.35. The molecule has 1 unspecified atom stereocenters. The van der Waals surface area contributed by atoms with Gasteiger partial charge in [-0.1, -0.05) is 0 Å². The van der Waals surface area contributed by atoms with Crippen molar-refractivity contribution >= 4 is 16.9 Å². The zero-order chi connectivity index (χ0) is 16.9. The average molecular weight is 330 g/mol. The second-order valence-corrected chi connectivity index (χ2v) is 6.68. The third kappa shape index (κ3) is 3.94. The lowest BCUT2D eigenvalue weighted by molar-refractivity contribution is 0.0948. The van der Waals surface area contributed by atoms with Crippen molar-refractivity contribution in [2.75, 3.05) is 33.3 Å². The summed E-state index contributed by atoms with van der Waals surface area (Å²) in [5.74, 6) is 0.637. The van der Waals surface area contributed by atoms with Crippen molar-refractivity contribution in [2.45, 2.75) is 25.8 Å². The van der Waals surface area contributed by atoms with E-state index in [2.05, 4.69) is 22.2 Å². The lowest BCUT2D eigenvalue weighted by Gasteiger charge is -2.29. The van der Waals surface area contributed by atoms with Crippen molar-refractivity contribution in [1.82, 2.24) is 19.8 Å². The van der Waals surface area contributed by atoms with E-state index in [9.17, 15) is 4.79 Å². The number of nitrogens with one attached hydrogen (secondary N) is 1. The van der Waals surface area contributed by atoms with E-state index in [0.717, 1.165) is 24.0 Å². The van der Waals surface area contributed by atoms with Gasteiger partial charge in [0.1, 0.15) is 0 Å². The first-order chi connectivity index (χ1) is 11.7. The van der Waals surface area contributed by atoms with E-state index in [1.807, 2.05) is 22.8 Å². The van der Waals surface area contributed by atoms with Crippen LogP contribution in [0.4, 0.5) is 0 Å². The Morgan fingerprint density at radius 2 is 2.33 bits per heavy atom. The highest BCUT2D eigenvalue weighted by Gasteiger charge is 2.17. The molecule has 0 spiro atoms. The summed E-state index contributed by atoms with van der Waals surface area (Å²) >= 11 is 0. The molecule has 2 N–H and O–H groups in total. The quantitative estimate of drug-likeness (QED) is 0.842. The molecule has 0 radical (unpaired) electrons. The number of aliphatic hydroxyl groups excluding tert-OH is 1. The number of hydrogen-bond donors (Lipinski definition) is 2. The Kier molecular flexibility index (Phi) is 5.48. The summed E-state index contributed by atoms with van der Waals surface area (Å²) in [5, 5.41) is 12.1. The zero-order valence-electron chi connectivity index (χ0n) is 14.2. The van der Waals surface area contributed by atoms with Crippen LogP contribution in [0.1, 0.15) is 29.6 Å². The lowest BCUT2D eigenvalue weighted by Crippen LogP contribution is -2.34. The fraction of sp³-hybridized carbons (Fsp3) is 0.556. The first-order valence-electron chi connectivity index (χ1n) is 8.70. The van der Waals surface area contributed by atoms with Gasteiger partial charge in [0.2, 0.25) is 0 Å². The van der Waals surface area contributed by atoms with E-state index < -0.39 is 0 Å². The Bertz CT molecular complexity index is 697. The van der Waals surface area contributed by atoms with E-state index in [0.29, 0.717) is 24.6 Å². The van der Waals surface area contributed by atoms with Crippen LogP contribution >= 0.6 is 0 Å². The van der Waals surface area contributed by atoms with E-state index in [-0.39, 0.29) is 12.5 Å². The molecule has 1 aromatic heterocycles. The van der Waals surface area contributed by atoms with Crippen molar-refractivity contribution in [2.24, 2.45) is 5.92 Å². The first-order valence-corrected chi connectivity index (χ1v) is 8.70. The highest BCUT2D eigenvalue weighted by atomic mass is 16.3. The van der Waals surface area contributed by atoms with Gasteiger partial charge in [0.15, 0.2) is 0 Å². The monoisotopic (exact) mass is 330 g/mol. The predicted octanol–water partition coefficient (Wildman–Crippen LogP) is 1.49. The van der Waals surface area contributed by atoms with Crippen LogP contribution in [0.5, 0.6) is 0 Å². The molecule has 0 saturated carbocycles. The third-order valence-electron chi connectivity index (χ3n) is 4.78. The third-order valence-corrected chi connectivity index (χ3v) is 4.78. The molecule has 1 fully saturated rings. The fourth-order valence-electron chi connectivity index (χ4n) is 3.49. The number of hydrogen-bond acceptors (Lipinski definition) is 4. The minimum atomic E-state index is -0.0437. The minimum Gasteiger partial charge on any atom is -0.395 e. The van der Waals surface area contributed by atoms with E-state index in [1.165, 1.54) is 19.4 Å². The molecule has 1 saturated heterocycles. The molecule has 1 aromatic carbocycles. The van der Waals surface area contributed by atoms with Crippen LogP contribution in [0.2, 0.25) is 0 Å². The molecule has 6 heteroatoms. The molecule has 1 atom stereocenters. The number of aliphatic hydroxyl groups is 1. The van der Waals surface area contributed by atoms with Gasteiger partial charge in [-0.25, -0.2) is 4.98 Å². The van der Waals surface area contributed by atoms with Gasteiger partial charge in [0, 0.05) is 25.2 Å². The number of carbonyl (C=O) groups excluding carboxylic acids is 1. The second-order valence-electron chi connectivity index (χ2n) is 6.68. The van der Waals surface area contributed by atoms with Gasteiger partial charge in [0.05, 0.1) is 24.0 Å². The number of nitrogens with zero attached hydrogens (tertiary/aromatic N) is 3. The van der Waals surface area contributed by atoms with Gasteiger partial charge in [-0.2, -0.15) is 0 Å². The predicted molar refractivity (Wildman–Crippen MR) is 94.0 cm³/mol. The number of aromatic nitrogens is 2. The molecule has 1 amide bonds. The van der Waals surface area contributed by atoms with Crippen molar-refractivity contribution in [3.05, 3.63) is 30.1 Å². The summed E-state index contributed by atoms with van der Waals surface area (Å²) in [6.45, 7) is 3.62. The molecule has 2 aromatic rings. The summed E-state index contributed by atoms with van der Waals surface area (Å²) in [6, 6.07) is 5.53. The van der Waals surface area contributed by atoms with Gasteiger partial charge in [-0.05, 0) is 57.0 Å². The second kappa shape index (κ2) is 7.77. The van der Waals surface area contributed by atoms with E-state index in [1.54, 1.807) is 6.33 Å². The van der Waals surface area contributed by atoms with Crippen molar-refractivity contribution in [3.63, 3.8) is 0 Å². The number of imidazole rings is 1. The molecule has 1 aliphatic heterocycles. The maximum atomic E-state index is 12.3. The Morgan fingerprint density at radius 3 is 3.12 bits per heavy atom. The zero-order valence-corrected chi connectivity index (χ0v) is 14.2. The molecule has 0 bridgehead atoms. The molecular formula is C18H26N4O2. The SMILES string of the molecule is CN1CCCC(CCNC(=O)c2ccc3c(c2)ncn3CCO)C1. The first kappa shape index (κ1) is 16.9. The number of benzene rings is 1. The van der Waals surface area contributed by atoms with Crippen molar-refractivity contribution in [3.8, 4) is 0 Å². The van der Waals surface area contributed by atoms with Crippen LogP contribution in [-0.2, 0) is 6.54 Å². The van der Waals surface area contributed by atoms with Crippen molar-refractivity contribution < 1.29 is 9.90 Å². The fourth-order valence-corrected chi connectivity index (χ4v) is 3.49. The van der Waals surface area contributed by atoms with Crippen LogP contribution in [0.3, 0.4) is 0 Å². The normalized spacial score (nSPS) is 18.8. The summed E-state index contributed by atoms with van der Waals surface area (Å²) in [4.78, 5) is 19.0. The van der Waals surface area contributed by atoms with Crippen LogP contribution in [-0.4, -0.2) is 58.8 Å². The van der Waals surface area contributed by atoms with E-state index in [4.69, 9.17) is 5.11 Å². The summed E-state index contributed by atoms with van der Waals surface area (Å²) in [6.07, 6.45) is 5.24. The molecule has 2 heterocycles. The van der Waals surface area contributed by atoms with Crippen LogP contribution in [0.25, 0.3) is 11.0 Å². The maximum Gasteiger partial charge on any atom is 0.251 e. The number of fused-ring (bicyclic) bond motifs is 1. The van der Waals surface area contributed by atoms with Crippen LogP contribution in [0.15, 0.2) is 24.5 Å². The molecule has 1 aliphatic rings. The van der Waals surface area contributed by atoms with E-state index >= 15 is 0 Å². The highest BCUT2D eigenvalue weighted by molar-refractivity contribution is 5.97. The molecule has 24 heavy (non-hydrogen) atoms. The van der Waals surface area contributed by atoms with Gasteiger partial charge in [-0.3, -0.25) is 4.79 Å². The molecule has 130 valence electrons. The molecular weight excluding hydrogens is 304 g/mol. The minimum absolute atomic E-state index is 0.0437. The van der Waals surface area contributed by atoms with Gasteiger partial charge in [-0.15, -0.1) is 0 Å². The average Bonchev–Trinajstić information content (AvgIpc) is 2.97. The molecule has 0 aliphatic carbocycles. The van der Waals surface area contributed by atoms with Gasteiger partial charge >= 0.3 is 0 Å². The van der Waals surface area contributed by atoms with Crippen molar-refractivity contribution in [1.29, 1.82) is 0 Å². The lowest BCUT2D eigenvalue weighted by atomic mass is 9.95. The number of likely N-dealkylation sites (tertiary alicyclic amines) is 1. The number of piperidine rings is 1.